The summed E-state index contributed by atoms with van der Waals surface area (Å²) in [5, 5.41) is 9.92. The molecule has 3 rings (SSSR count). The molecule has 0 saturated carbocycles. The van der Waals surface area contributed by atoms with Crippen LogP contribution in [-0.2, 0) is 14.2 Å². The third-order valence-corrected chi connectivity index (χ3v) is 3.11. The zero-order chi connectivity index (χ0) is 13.2. The first kappa shape index (κ1) is 12.3. The normalized spacial score (nSPS) is 32.9. The highest BCUT2D eigenvalue weighted by Crippen LogP contribution is 2.35. The lowest BCUT2D eigenvalue weighted by molar-refractivity contribution is -0.193. The van der Waals surface area contributed by atoms with Crippen LogP contribution in [0.1, 0.15) is 6.42 Å². The van der Waals surface area contributed by atoms with Crippen molar-refractivity contribution in [3.05, 3.63) is 24.4 Å². The molecular formula is C12H13NO6. The van der Waals surface area contributed by atoms with E-state index in [1.807, 2.05) is 0 Å². The summed E-state index contributed by atoms with van der Waals surface area (Å²) in [5.41, 5.74) is 0. The largest absolute Gasteiger partial charge is 0.517 e. The number of aromatic nitrogens is 1. The monoisotopic (exact) mass is 267 g/mol. The minimum Gasteiger partial charge on any atom is -0.401 e. The molecule has 2 fully saturated rings. The van der Waals surface area contributed by atoms with Crippen LogP contribution in [-0.4, -0.2) is 41.5 Å². The zero-order valence-corrected chi connectivity index (χ0v) is 9.97. The van der Waals surface area contributed by atoms with Gasteiger partial charge in [-0.2, -0.15) is 0 Å². The summed E-state index contributed by atoms with van der Waals surface area (Å²) in [4.78, 5) is 15.3. The van der Waals surface area contributed by atoms with Gasteiger partial charge in [0.2, 0.25) is 12.2 Å². The molecule has 3 heterocycles. The number of carbonyl (C=O) groups is 1. The molecule has 2 aliphatic rings. The van der Waals surface area contributed by atoms with E-state index in [4.69, 9.17) is 18.9 Å². The van der Waals surface area contributed by atoms with Crippen molar-refractivity contribution in [2.45, 2.75) is 25.1 Å². The second kappa shape index (κ2) is 5.12. The summed E-state index contributed by atoms with van der Waals surface area (Å²) in [6.45, 7) is 0.539. The maximum absolute atomic E-state index is 11.5. The molecule has 7 heteroatoms. The standard InChI is InChI=1S/C12H13NO6/c14-9-7-4-6-16-10(7)18-11(9)19-12(15)17-8-3-1-2-5-13-8/h1-3,5,7,9-11,14H,4,6H2. The van der Waals surface area contributed by atoms with Crippen molar-refractivity contribution in [3.8, 4) is 5.88 Å². The molecule has 0 radical (unpaired) electrons. The molecule has 19 heavy (non-hydrogen) atoms. The summed E-state index contributed by atoms with van der Waals surface area (Å²) in [6, 6.07) is 4.89. The van der Waals surface area contributed by atoms with Crippen molar-refractivity contribution in [2.24, 2.45) is 5.92 Å². The van der Waals surface area contributed by atoms with Gasteiger partial charge in [-0.3, -0.25) is 0 Å². The van der Waals surface area contributed by atoms with Crippen LogP contribution in [0.2, 0.25) is 0 Å². The lowest BCUT2D eigenvalue weighted by Crippen LogP contribution is -2.32. The Labute approximate surface area is 109 Å². The number of aliphatic hydroxyl groups excluding tert-OH is 1. The lowest BCUT2D eigenvalue weighted by atomic mass is 10.0. The highest BCUT2D eigenvalue weighted by atomic mass is 16.8. The van der Waals surface area contributed by atoms with Gasteiger partial charge in [-0.25, -0.2) is 9.78 Å². The molecular weight excluding hydrogens is 254 g/mol. The second-order valence-corrected chi connectivity index (χ2v) is 4.32. The smallest absolute Gasteiger partial charge is 0.401 e. The molecule has 2 saturated heterocycles. The third kappa shape index (κ3) is 2.53. The van der Waals surface area contributed by atoms with Crippen LogP contribution in [0, 0.1) is 5.92 Å². The number of rotatable bonds is 2. The Morgan fingerprint density at radius 1 is 1.47 bits per heavy atom. The maximum atomic E-state index is 11.5. The van der Waals surface area contributed by atoms with Gasteiger partial charge in [0, 0.05) is 18.2 Å². The SMILES string of the molecule is O=C(Oc1ccccn1)OC1OC2OCCC2C1O. The fourth-order valence-electron chi connectivity index (χ4n) is 2.18. The molecule has 1 aromatic rings. The van der Waals surface area contributed by atoms with E-state index in [1.165, 1.54) is 12.3 Å². The maximum Gasteiger partial charge on any atom is 0.517 e. The second-order valence-electron chi connectivity index (χ2n) is 4.32. The molecule has 4 atom stereocenters. The Balaban J connectivity index is 1.56. The summed E-state index contributed by atoms with van der Waals surface area (Å²) in [5.74, 6) is -0.0379. The average Bonchev–Trinajstić information content (AvgIpc) is 2.96. The van der Waals surface area contributed by atoms with E-state index in [0.717, 1.165) is 0 Å². The fraction of sp³-hybridized carbons (Fsp3) is 0.500. The molecule has 0 bridgehead atoms. The van der Waals surface area contributed by atoms with Gasteiger partial charge >= 0.3 is 6.16 Å². The van der Waals surface area contributed by atoms with E-state index in [9.17, 15) is 9.90 Å². The molecule has 0 spiro atoms. The number of hydrogen-bond acceptors (Lipinski definition) is 7. The summed E-state index contributed by atoms with van der Waals surface area (Å²) < 4.78 is 20.3. The Morgan fingerprint density at radius 3 is 3.11 bits per heavy atom. The first-order valence-corrected chi connectivity index (χ1v) is 5.98. The number of carbonyl (C=O) groups excluding carboxylic acids is 1. The topological polar surface area (TPSA) is 87.1 Å². The Morgan fingerprint density at radius 2 is 2.37 bits per heavy atom. The predicted molar refractivity (Wildman–Crippen MR) is 60.1 cm³/mol. The number of fused-ring (bicyclic) bond motifs is 1. The molecule has 0 amide bonds. The summed E-state index contributed by atoms with van der Waals surface area (Å²) >= 11 is 0. The number of ether oxygens (including phenoxy) is 4. The van der Waals surface area contributed by atoms with Gasteiger partial charge < -0.3 is 24.1 Å². The van der Waals surface area contributed by atoms with E-state index in [1.54, 1.807) is 12.1 Å². The van der Waals surface area contributed by atoms with Crippen LogP contribution in [0.15, 0.2) is 24.4 Å². The van der Waals surface area contributed by atoms with E-state index >= 15 is 0 Å². The molecule has 0 aromatic carbocycles. The van der Waals surface area contributed by atoms with Gasteiger partial charge in [0.1, 0.15) is 6.10 Å². The number of hydrogen-bond donors (Lipinski definition) is 1. The third-order valence-electron chi connectivity index (χ3n) is 3.11. The van der Waals surface area contributed by atoms with E-state index in [-0.39, 0.29) is 11.8 Å². The van der Waals surface area contributed by atoms with Crippen molar-refractivity contribution < 1.29 is 28.8 Å². The Hall–Kier alpha value is -1.70. The van der Waals surface area contributed by atoms with Crippen molar-refractivity contribution in [1.29, 1.82) is 0 Å². The Bertz CT molecular complexity index is 453. The van der Waals surface area contributed by atoms with E-state index < -0.39 is 24.8 Å². The molecule has 1 aromatic heterocycles. The van der Waals surface area contributed by atoms with Gasteiger partial charge in [-0.1, -0.05) is 6.07 Å². The van der Waals surface area contributed by atoms with Crippen molar-refractivity contribution in [1.82, 2.24) is 4.98 Å². The van der Waals surface area contributed by atoms with E-state index in [2.05, 4.69) is 4.98 Å². The molecule has 0 aliphatic carbocycles. The van der Waals surface area contributed by atoms with Crippen LogP contribution in [0.4, 0.5) is 4.79 Å². The van der Waals surface area contributed by atoms with Crippen molar-refractivity contribution in [2.75, 3.05) is 6.61 Å². The highest BCUT2D eigenvalue weighted by Gasteiger charge is 2.49. The molecule has 4 unspecified atom stereocenters. The molecule has 7 nitrogen and oxygen atoms in total. The van der Waals surface area contributed by atoms with Crippen LogP contribution < -0.4 is 4.74 Å². The van der Waals surface area contributed by atoms with Gasteiger partial charge in [0.25, 0.3) is 0 Å². The lowest BCUT2D eigenvalue weighted by Gasteiger charge is -2.16. The Kier molecular flexibility index (Phi) is 3.33. The number of nitrogens with zero attached hydrogens (tertiary/aromatic N) is 1. The first-order chi connectivity index (χ1) is 9.24. The van der Waals surface area contributed by atoms with Crippen LogP contribution >= 0.6 is 0 Å². The minimum atomic E-state index is -1.06. The fourth-order valence-corrected chi connectivity index (χ4v) is 2.18. The number of aliphatic hydroxyl groups is 1. The highest BCUT2D eigenvalue weighted by molar-refractivity contribution is 5.63. The molecule has 2 aliphatic heterocycles. The summed E-state index contributed by atoms with van der Waals surface area (Å²) in [6.07, 6.45) is -1.27. The first-order valence-electron chi connectivity index (χ1n) is 5.98. The predicted octanol–water partition coefficient (Wildman–Crippen LogP) is 0.677. The van der Waals surface area contributed by atoms with Crippen molar-refractivity contribution >= 4 is 6.16 Å². The van der Waals surface area contributed by atoms with Gasteiger partial charge in [0.05, 0.1) is 6.61 Å². The van der Waals surface area contributed by atoms with Crippen LogP contribution in [0.25, 0.3) is 0 Å². The molecule has 102 valence electrons. The minimum absolute atomic E-state index is 0.122. The summed E-state index contributed by atoms with van der Waals surface area (Å²) in [7, 11) is 0. The van der Waals surface area contributed by atoms with Gasteiger partial charge in [0.15, 0.2) is 6.29 Å². The number of pyridine rings is 1. The average molecular weight is 267 g/mol. The van der Waals surface area contributed by atoms with E-state index in [0.29, 0.717) is 13.0 Å². The van der Waals surface area contributed by atoms with Gasteiger partial charge in [-0.05, 0) is 12.5 Å². The quantitative estimate of drug-likeness (QED) is 0.788. The van der Waals surface area contributed by atoms with Crippen molar-refractivity contribution in [3.63, 3.8) is 0 Å². The molecule has 1 N–H and O–H groups in total. The van der Waals surface area contributed by atoms with Crippen LogP contribution in [0.3, 0.4) is 0 Å². The zero-order valence-electron chi connectivity index (χ0n) is 9.97. The van der Waals surface area contributed by atoms with Gasteiger partial charge in [-0.15, -0.1) is 0 Å². The van der Waals surface area contributed by atoms with Crippen LogP contribution in [0.5, 0.6) is 5.88 Å².